The zero-order valence-electron chi connectivity index (χ0n) is 13.7. The van der Waals surface area contributed by atoms with Gasteiger partial charge in [-0.3, -0.25) is 4.79 Å². The number of nitrogens with one attached hydrogen (secondary N) is 2. The Labute approximate surface area is 137 Å². The quantitative estimate of drug-likeness (QED) is 0.744. The first-order valence-electron chi connectivity index (χ1n) is 7.89. The van der Waals surface area contributed by atoms with E-state index in [-0.39, 0.29) is 12.5 Å². The van der Waals surface area contributed by atoms with Crippen molar-refractivity contribution < 1.29 is 13.9 Å². The Kier molecular flexibility index (Phi) is 6.69. The van der Waals surface area contributed by atoms with E-state index in [1.54, 1.807) is 6.26 Å². The van der Waals surface area contributed by atoms with Crippen LogP contribution in [0.4, 0.5) is 5.69 Å². The fourth-order valence-corrected chi connectivity index (χ4v) is 1.96. The summed E-state index contributed by atoms with van der Waals surface area (Å²) in [7, 11) is 0. The largest absolute Gasteiger partial charge is 0.494 e. The van der Waals surface area contributed by atoms with Gasteiger partial charge in [-0.15, -0.1) is 0 Å². The van der Waals surface area contributed by atoms with Crippen LogP contribution in [0.25, 0.3) is 0 Å². The highest BCUT2D eigenvalue weighted by atomic mass is 16.5. The van der Waals surface area contributed by atoms with Crippen molar-refractivity contribution in [2.45, 2.75) is 26.8 Å². The van der Waals surface area contributed by atoms with Gasteiger partial charge in [0.05, 0.1) is 26.0 Å². The van der Waals surface area contributed by atoms with Crippen LogP contribution in [0.5, 0.6) is 5.75 Å². The number of furan rings is 1. The van der Waals surface area contributed by atoms with Gasteiger partial charge in [-0.05, 0) is 48.7 Å². The van der Waals surface area contributed by atoms with Gasteiger partial charge in [-0.1, -0.05) is 13.8 Å². The van der Waals surface area contributed by atoms with Crippen LogP contribution in [0.2, 0.25) is 0 Å². The van der Waals surface area contributed by atoms with Crippen molar-refractivity contribution in [2.24, 2.45) is 5.92 Å². The summed E-state index contributed by atoms with van der Waals surface area (Å²) in [6, 6.07) is 11.1. The average molecular weight is 316 g/mol. The molecule has 1 aromatic heterocycles. The molecule has 2 aromatic rings. The molecule has 0 fully saturated rings. The van der Waals surface area contributed by atoms with Gasteiger partial charge >= 0.3 is 0 Å². The molecule has 0 saturated carbocycles. The van der Waals surface area contributed by atoms with E-state index in [1.165, 1.54) is 0 Å². The van der Waals surface area contributed by atoms with Crippen molar-refractivity contribution in [1.29, 1.82) is 0 Å². The Bertz CT molecular complexity index is 577. The van der Waals surface area contributed by atoms with Crippen molar-refractivity contribution in [1.82, 2.24) is 5.32 Å². The third-order valence-corrected chi connectivity index (χ3v) is 3.27. The highest BCUT2D eigenvalue weighted by molar-refractivity contribution is 5.92. The summed E-state index contributed by atoms with van der Waals surface area (Å²) in [5, 5.41) is 5.86. The minimum Gasteiger partial charge on any atom is -0.494 e. The minimum atomic E-state index is -0.0926. The first-order chi connectivity index (χ1) is 11.1. The van der Waals surface area contributed by atoms with Crippen LogP contribution in [-0.2, 0) is 11.3 Å². The molecule has 0 bridgehead atoms. The van der Waals surface area contributed by atoms with Crippen molar-refractivity contribution in [3.63, 3.8) is 0 Å². The zero-order valence-corrected chi connectivity index (χ0v) is 13.7. The molecule has 0 aliphatic heterocycles. The molecule has 1 amide bonds. The second kappa shape index (κ2) is 9.00. The van der Waals surface area contributed by atoms with Crippen LogP contribution < -0.4 is 15.4 Å². The monoisotopic (exact) mass is 316 g/mol. The molecule has 5 heteroatoms. The van der Waals surface area contributed by atoms with Crippen LogP contribution in [0.15, 0.2) is 47.1 Å². The summed E-state index contributed by atoms with van der Waals surface area (Å²) >= 11 is 0. The summed E-state index contributed by atoms with van der Waals surface area (Å²) in [5.74, 6) is 2.16. The molecule has 124 valence electrons. The lowest BCUT2D eigenvalue weighted by atomic mass is 10.1. The Morgan fingerprint density at radius 1 is 1.22 bits per heavy atom. The van der Waals surface area contributed by atoms with Crippen molar-refractivity contribution >= 4 is 11.6 Å². The average Bonchev–Trinajstić information content (AvgIpc) is 3.02. The molecule has 5 nitrogen and oxygen atoms in total. The number of amides is 1. The zero-order chi connectivity index (χ0) is 16.5. The Morgan fingerprint density at radius 2 is 2.00 bits per heavy atom. The summed E-state index contributed by atoms with van der Waals surface area (Å²) in [5.41, 5.74) is 0.756. The highest BCUT2D eigenvalue weighted by Crippen LogP contribution is 2.16. The third-order valence-electron chi connectivity index (χ3n) is 3.27. The molecule has 0 saturated heterocycles. The van der Waals surface area contributed by atoms with Gasteiger partial charge < -0.3 is 19.8 Å². The van der Waals surface area contributed by atoms with Gasteiger partial charge in [0, 0.05) is 5.69 Å². The Morgan fingerprint density at radius 3 is 2.65 bits per heavy atom. The maximum absolute atomic E-state index is 11.8. The van der Waals surface area contributed by atoms with Gasteiger partial charge in [-0.25, -0.2) is 0 Å². The lowest BCUT2D eigenvalue weighted by Crippen LogP contribution is -2.27. The molecule has 0 aliphatic rings. The van der Waals surface area contributed by atoms with E-state index < -0.39 is 0 Å². The van der Waals surface area contributed by atoms with Gasteiger partial charge in [0.1, 0.15) is 11.5 Å². The number of benzene rings is 1. The minimum absolute atomic E-state index is 0.0926. The number of carbonyl (C=O) groups excluding carboxylic acids is 1. The summed E-state index contributed by atoms with van der Waals surface area (Å²) < 4.78 is 10.8. The van der Waals surface area contributed by atoms with Crippen molar-refractivity contribution in [3.8, 4) is 5.75 Å². The lowest BCUT2D eigenvalue weighted by molar-refractivity contribution is -0.115. The van der Waals surface area contributed by atoms with Gasteiger partial charge in [-0.2, -0.15) is 0 Å². The second-order valence-electron chi connectivity index (χ2n) is 5.79. The van der Waals surface area contributed by atoms with Crippen LogP contribution in [-0.4, -0.2) is 19.1 Å². The summed E-state index contributed by atoms with van der Waals surface area (Å²) in [6.07, 6.45) is 2.64. The van der Waals surface area contributed by atoms with E-state index in [2.05, 4.69) is 24.5 Å². The Balaban J connectivity index is 1.69. The van der Waals surface area contributed by atoms with E-state index in [4.69, 9.17) is 9.15 Å². The molecule has 1 heterocycles. The molecular formula is C18H24N2O3. The smallest absolute Gasteiger partial charge is 0.238 e. The first kappa shape index (κ1) is 17.1. The van der Waals surface area contributed by atoms with E-state index >= 15 is 0 Å². The van der Waals surface area contributed by atoms with E-state index in [9.17, 15) is 4.79 Å². The molecule has 0 spiro atoms. The topological polar surface area (TPSA) is 63.5 Å². The fourth-order valence-electron chi connectivity index (χ4n) is 1.96. The van der Waals surface area contributed by atoms with Gasteiger partial charge in [0.15, 0.2) is 0 Å². The number of rotatable bonds is 9. The molecule has 1 aromatic carbocycles. The summed E-state index contributed by atoms with van der Waals surface area (Å²) in [6.45, 7) is 5.81. The third kappa shape index (κ3) is 6.57. The summed E-state index contributed by atoms with van der Waals surface area (Å²) in [4.78, 5) is 11.8. The molecule has 0 aliphatic carbocycles. The normalized spacial score (nSPS) is 10.7. The fraction of sp³-hybridized carbons (Fsp3) is 0.389. The van der Waals surface area contributed by atoms with Crippen LogP contribution in [0.1, 0.15) is 26.0 Å². The maximum atomic E-state index is 11.8. The SMILES string of the molecule is CC(C)CCOc1ccc(NC(=O)CNCc2ccco2)cc1. The van der Waals surface area contributed by atoms with Crippen LogP contribution in [0, 0.1) is 5.92 Å². The van der Waals surface area contributed by atoms with E-state index in [0.717, 1.165) is 23.6 Å². The number of hydrogen-bond acceptors (Lipinski definition) is 4. The molecule has 2 rings (SSSR count). The van der Waals surface area contributed by atoms with E-state index in [1.807, 2.05) is 36.4 Å². The van der Waals surface area contributed by atoms with Crippen molar-refractivity contribution in [2.75, 3.05) is 18.5 Å². The van der Waals surface area contributed by atoms with Gasteiger partial charge in [0.25, 0.3) is 0 Å². The number of carbonyl (C=O) groups is 1. The standard InChI is InChI=1S/C18H24N2O3/c1-14(2)9-11-23-16-7-5-15(6-8-16)20-18(21)13-19-12-17-4-3-10-22-17/h3-8,10,14,19H,9,11-13H2,1-2H3,(H,20,21). The molecule has 23 heavy (non-hydrogen) atoms. The predicted molar refractivity (Wildman–Crippen MR) is 90.4 cm³/mol. The van der Waals surface area contributed by atoms with Crippen LogP contribution in [0.3, 0.4) is 0 Å². The molecule has 0 unspecified atom stereocenters. The second-order valence-corrected chi connectivity index (χ2v) is 5.79. The predicted octanol–water partition coefficient (Wildman–Crippen LogP) is 3.43. The molecular weight excluding hydrogens is 292 g/mol. The van der Waals surface area contributed by atoms with E-state index in [0.29, 0.717) is 19.1 Å². The Hall–Kier alpha value is -2.27. The number of anilines is 1. The number of ether oxygens (including phenoxy) is 1. The molecule has 2 N–H and O–H groups in total. The van der Waals surface area contributed by atoms with Crippen LogP contribution >= 0.6 is 0 Å². The maximum Gasteiger partial charge on any atom is 0.238 e. The molecule has 0 radical (unpaired) electrons. The highest BCUT2D eigenvalue weighted by Gasteiger charge is 2.03. The molecule has 0 atom stereocenters. The first-order valence-corrected chi connectivity index (χ1v) is 7.89. The lowest BCUT2D eigenvalue weighted by Gasteiger charge is -2.09. The van der Waals surface area contributed by atoms with Gasteiger partial charge in [0.2, 0.25) is 5.91 Å². The van der Waals surface area contributed by atoms with Crippen molar-refractivity contribution in [3.05, 3.63) is 48.4 Å². The number of hydrogen-bond donors (Lipinski definition) is 2.